The Balaban J connectivity index is 0.00000121. The summed E-state index contributed by atoms with van der Waals surface area (Å²) in [5.41, 5.74) is 5.06. The summed E-state index contributed by atoms with van der Waals surface area (Å²) < 4.78 is 4.70. The third-order valence-corrected chi connectivity index (χ3v) is 1.08. The van der Waals surface area contributed by atoms with Gasteiger partial charge in [0, 0.05) is 6.07 Å². The van der Waals surface area contributed by atoms with Crippen molar-refractivity contribution < 1.29 is 9.32 Å². The van der Waals surface area contributed by atoms with Crippen LogP contribution in [0.15, 0.2) is 10.6 Å². The first-order valence-corrected chi connectivity index (χ1v) is 3.15. The second kappa shape index (κ2) is 4.74. The van der Waals surface area contributed by atoms with Crippen LogP contribution in [0.3, 0.4) is 0 Å². The number of hydrogen-bond donors (Lipinski definition) is 2. The lowest BCUT2D eigenvalue weighted by molar-refractivity contribution is -0.114. The molecule has 0 bridgehead atoms. The van der Waals surface area contributed by atoms with Crippen LogP contribution in [0, 0.1) is 6.92 Å². The van der Waals surface area contributed by atoms with E-state index in [4.69, 9.17) is 10.3 Å². The second-order valence-corrected chi connectivity index (χ2v) is 2.08. The number of amides is 1. The maximum Gasteiger partial charge on any atom is 0.239 e. The summed E-state index contributed by atoms with van der Waals surface area (Å²) in [6, 6.07) is 1.62. The smallest absolute Gasteiger partial charge is 0.239 e. The maximum atomic E-state index is 10.7. The molecule has 0 saturated heterocycles. The molecule has 0 aliphatic carbocycles. The van der Waals surface area contributed by atoms with Crippen LogP contribution in [0.2, 0.25) is 0 Å². The minimum atomic E-state index is -0.279. The van der Waals surface area contributed by atoms with E-state index in [1.54, 1.807) is 13.0 Å². The first-order valence-electron chi connectivity index (χ1n) is 3.15. The number of aryl methyl sites for hydroxylation is 1. The lowest BCUT2D eigenvalue weighted by Crippen LogP contribution is -2.21. The van der Waals surface area contributed by atoms with Crippen molar-refractivity contribution in [3.05, 3.63) is 11.8 Å². The molecule has 68 valence electrons. The van der Waals surface area contributed by atoms with E-state index in [1.165, 1.54) is 0 Å². The SMILES string of the molecule is Cc1cc(NC(=O)CN)no1.Cl. The van der Waals surface area contributed by atoms with Crippen molar-refractivity contribution in [1.82, 2.24) is 5.16 Å². The van der Waals surface area contributed by atoms with Crippen molar-refractivity contribution >= 4 is 24.1 Å². The van der Waals surface area contributed by atoms with E-state index in [0.29, 0.717) is 11.6 Å². The maximum absolute atomic E-state index is 10.7. The normalized spacial score (nSPS) is 8.83. The first kappa shape index (κ1) is 10.9. The summed E-state index contributed by atoms with van der Waals surface area (Å²) in [5.74, 6) is 0.772. The minimum Gasteiger partial charge on any atom is -0.360 e. The Bertz CT molecular complexity index is 261. The largest absolute Gasteiger partial charge is 0.360 e. The van der Waals surface area contributed by atoms with E-state index in [0.717, 1.165) is 0 Å². The zero-order valence-corrected chi connectivity index (χ0v) is 7.35. The van der Waals surface area contributed by atoms with E-state index >= 15 is 0 Å². The molecule has 1 aromatic rings. The minimum absolute atomic E-state index is 0. The monoisotopic (exact) mass is 191 g/mol. The second-order valence-electron chi connectivity index (χ2n) is 2.08. The third-order valence-electron chi connectivity index (χ3n) is 1.08. The molecular formula is C6H10ClN3O2. The Labute approximate surface area is 75.7 Å². The number of halogens is 1. The summed E-state index contributed by atoms with van der Waals surface area (Å²) in [6.07, 6.45) is 0. The van der Waals surface area contributed by atoms with Gasteiger partial charge in [-0.3, -0.25) is 4.79 Å². The fourth-order valence-corrected chi connectivity index (χ4v) is 0.619. The molecule has 12 heavy (non-hydrogen) atoms. The van der Waals surface area contributed by atoms with Gasteiger partial charge in [-0.1, -0.05) is 5.16 Å². The fraction of sp³-hybridized carbons (Fsp3) is 0.333. The van der Waals surface area contributed by atoms with Crippen LogP contribution >= 0.6 is 12.4 Å². The first-order chi connectivity index (χ1) is 5.22. The van der Waals surface area contributed by atoms with Gasteiger partial charge in [0.25, 0.3) is 0 Å². The molecule has 3 N–H and O–H groups in total. The van der Waals surface area contributed by atoms with Crippen LogP contribution < -0.4 is 11.1 Å². The summed E-state index contributed by atoms with van der Waals surface area (Å²) >= 11 is 0. The zero-order chi connectivity index (χ0) is 8.27. The van der Waals surface area contributed by atoms with Gasteiger partial charge in [-0.05, 0) is 6.92 Å². The van der Waals surface area contributed by atoms with Crippen molar-refractivity contribution in [3.63, 3.8) is 0 Å². The van der Waals surface area contributed by atoms with Gasteiger partial charge in [0.15, 0.2) is 5.82 Å². The molecule has 0 saturated carbocycles. The highest BCUT2D eigenvalue weighted by Gasteiger charge is 2.02. The number of carbonyl (C=O) groups excluding carboxylic acids is 1. The van der Waals surface area contributed by atoms with E-state index in [9.17, 15) is 4.79 Å². The number of hydrogen-bond acceptors (Lipinski definition) is 4. The number of carbonyl (C=O) groups is 1. The Kier molecular flexibility index (Phi) is 4.31. The molecule has 0 spiro atoms. The van der Waals surface area contributed by atoms with Crippen molar-refractivity contribution in [2.45, 2.75) is 6.92 Å². The van der Waals surface area contributed by atoms with Gasteiger partial charge in [-0.15, -0.1) is 12.4 Å². The molecular weight excluding hydrogens is 182 g/mol. The van der Waals surface area contributed by atoms with E-state index in [1.807, 2.05) is 0 Å². The third kappa shape index (κ3) is 2.89. The molecule has 1 heterocycles. The molecule has 0 fully saturated rings. The Morgan fingerprint density at radius 3 is 2.92 bits per heavy atom. The van der Waals surface area contributed by atoms with Crippen molar-refractivity contribution in [2.75, 3.05) is 11.9 Å². The molecule has 0 atom stereocenters. The van der Waals surface area contributed by atoms with Crippen LogP contribution in [0.5, 0.6) is 0 Å². The quantitative estimate of drug-likeness (QED) is 0.705. The highest BCUT2D eigenvalue weighted by molar-refractivity contribution is 5.91. The van der Waals surface area contributed by atoms with Gasteiger partial charge in [-0.2, -0.15) is 0 Å². The van der Waals surface area contributed by atoms with E-state index in [-0.39, 0.29) is 24.9 Å². The van der Waals surface area contributed by atoms with Crippen molar-refractivity contribution in [3.8, 4) is 0 Å². The Hall–Kier alpha value is -1.07. The van der Waals surface area contributed by atoms with Crippen LogP contribution in [-0.4, -0.2) is 17.6 Å². The van der Waals surface area contributed by atoms with Gasteiger partial charge in [0.1, 0.15) is 5.76 Å². The Morgan fingerprint density at radius 2 is 2.50 bits per heavy atom. The predicted molar refractivity (Wildman–Crippen MR) is 46.2 cm³/mol. The molecule has 6 heteroatoms. The summed E-state index contributed by atoms with van der Waals surface area (Å²) in [7, 11) is 0. The molecule has 1 aromatic heterocycles. The lowest BCUT2D eigenvalue weighted by Gasteiger charge is -1.94. The van der Waals surface area contributed by atoms with Gasteiger partial charge in [-0.25, -0.2) is 0 Å². The van der Waals surface area contributed by atoms with Crippen molar-refractivity contribution in [1.29, 1.82) is 0 Å². The number of nitrogens with zero attached hydrogens (tertiary/aromatic N) is 1. The molecule has 0 unspecified atom stereocenters. The van der Waals surface area contributed by atoms with Gasteiger partial charge < -0.3 is 15.6 Å². The average Bonchev–Trinajstić information content (AvgIpc) is 2.35. The number of nitrogens with one attached hydrogen (secondary N) is 1. The number of nitrogens with two attached hydrogens (primary N) is 1. The van der Waals surface area contributed by atoms with E-state index in [2.05, 4.69) is 10.5 Å². The Morgan fingerprint density at radius 1 is 1.83 bits per heavy atom. The molecule has 5 nitrogen and oxygen atoms in total. The van der Waals surface area contributed by atoms with Crippen LogP contribution in [-0.2, 0) is 4.79 Å². The fourth-order valence-electron chi connectivity index (χ4n) is 0.619. The standard InChI is InChI=1S/C6H9N3O2.ClH/c1-4-2-5(9-11-4)8-6(10)3-7;/h2H,3,7H2,1H3,(H,8,9,10);1H. The van der Waals surface area contributed by atoms with Crippen LogP contribution in [0.4, 0.5) is 5.82 Å². The summed E-state index contributed by atoms with van der Waals surface area (Å²) in [5, 5.41) is 5.98. The van der Waals surface area contributed by atoms with Gasteiger partial charge in [0.05, 0.1) is 6.54 Å². The highest BCUT2D eigenvalue weighted by atomic mass is 35.5. The molecule has 0 aliphatic heterocycles. The van der Waals surface area contributed by atoms with E-state index < -0.39 is 0 Å². The number of aromatic nitrogens is 1. The number of anilines is 1. The van der Waals surface area contributed by atoms with Crippen molar-refractivity contribution in [2.24, 2.45) is 5.73 Å². The summed E-state index contributed by atoms with van der Waals surface area (Å²) in [4.78, 5) is 10.7. The molecule has 1 rings (SSSR count). The lowest BCUT2D eigenvalue weighted by atomic mass is 10.5. The highest BCUT2D eigenvalue weighted by Crippen LogP contribution is 2.05. The average molecular weight is 192 g/mol. The molecule has 0 radical (unpaired) electrons. The van der Waals surface area contributed by atoms with Crippen LogP contribution in [0.1, 0.15) is 5.76 Å². The molecule has 0 aromatic carbocycles. The topological polar surface area (TPSA) is 81.2 Å². The molecule has 1 amide bonds. The predicted octanol–water partition coefficient (Wildman–Crippen LogP) is 0.302. The number of rotatable bonds is 2. The summed E-state index contributed by atoms with van der Waals surface area (Å²) in [6.45, 7) is 1.69. The van der Waals surface area contributed by atoms with Crippen LogP contribution in [0.25, 0.3) is 0 Å². The van der Waals surface area contributed by atoms with Gasteiger partial charge in [0.2, 0.25) is 5.91 Å². The molecule has 0 aliphatic rings. The van der Waals surface area contributed by atoms with Gasteiger partial charge >= 0.3 is 0 Å². The zero-order valence-electron chi connectivity index (χ0n) is 6.53.